The van der Waals surface area contributed by atoms with Crippen molar-refractivity contribution in [3.63, 3.8) is 0 Å². The van der Waals surface area contributed by atoms with E-state index in [-0.39, 0.29) is 5.54 Å². The highest BCUT2D eigenvalue weighted by atomic mass is 15.2. The van der Waals surface area contributed by atoms with Crippen LogP contribution in [0.4, 0.5) is 0 Å². The van der Waals surface area contributed by atoms with Crippen molar-refractivity contribution in [2.45, 2.75) is 57.9 Å². The first-order chi connectivity index (χ1) is 9.24. The van der Waals surface area contributed by atoms with Crippen molar-refractivity contribution in [3.8, 4) is 6.07 Å². The zero-order valence-electron chi connectivity index (χ0n) is 12.6. The quantitative estimate of drug-likeness (QED) is 0.732. The topological polar surface area (TPSA) is 39.1 Å². The predicted octanol–water partition coefficient (Wildman–Crippen LogP) is 2.78. The third-order valence-corrected chi connectivity index (χ3v) is 4.70. The number of rotatable bonds is 8. The van der Waals surface area contributed by atoms with Crippen LogP contribution >= 0.6 is 0 Å². The summed E-state index contributed by atoms with van der Waals surface area (Å²) >= 11 is 0. The summed E-state index contributed by atoms with van der Waals surface area (Å²) in [6, 6.07) is 2.63. The average molecular weight is 263 g/mol. The van der Waals surface area contributed by atoms with E-state index >= 15 is 0 Å². The standard InChI is InChI=1S/C16H29N3/c1-3-5-14-8-10-19(11-14)13-16(12-17,15-6-7-15)18-9-4-2/h14-15,18H,3-11,13H2,1-2H3. The molecule has 108 valence electrons. The molecule has 3 heteroatoms. The molecule has 0 spiro atoms. The largest absolute Gasteiger partial charge is 0.300 e. The van der Waals surface area contributed by atoms with Gasteiger partial charge >= 0.3 is 0 Å². The Morgan fingerprint density at radius 3 is 2.63 bits per heavy atom. The molecular formula is C16H29N3. The van der Waals surface area contributed by atoms with Crippen molar-refractivity contribution >= 4 is 0 Å². The SMILES string of the molecule is CCCNC(C#N)(CN1CCC(CCC)C1)C1CC1. The zero-order valence-corrected chi connectivity index (χ0v) is 12.6. The highest BCUT2D eigenvalue weighted by molar-refractivity contribution is 5.17. The molecule has 1 N–H and O–H groups in total. The van der Waals surface area contributed by atoms with E-state index in [1.54, 1.807) is 0 Å². The van der Waals surface area contributed by atoms with Gasteiger partial charge in [-0.3, -0.25) is 5.32 Å². The minimum Gasteiger partial charge on any atom is -0.300 e. The van der Waals surface area contributed by atoms with Crippen molar-refractivity contribution in [2.75, 3.05) is 26.2 Å². The fourth-order valence-corrected chi connectivity index (χ4v) is 3.47. The van der Waals surface area contributed by atoms with Crippen LogP contribution in [-0.2, 0) is 0 Å². The van der Waals surface area contributed by atoms with Crippen LogP contribution in [0.5, 0.6) is 0 Å². The molecule has 1 aliphatic carbocycles. The molecule has 2 unspecified atom stereocenters. The van der Waals surface area contributed by atoms with Gasteiger partial charge in [0.1, 0.15) is 5.54 Å². The number of hydrogen-bond donors (Lipinski definition) is 1. The van der Waals surface area contributed by atoms with Gasteiger partial charge in [-0.1, -0.05) is 20.3 Å². The van der Waals surface area contributed by atoms with Crippen molar-refractivity contribution in [2.24, 2.45) is 11.8 Å². The van der Waals surface area contributed by atoms with E-state index in [0.717, 1.165) is 25.4 Å². The molecule has 2 aliphatic rings. The number of nitriles is 1. The lowest BCUT2D eigenvalue weighted by Crippen LogP contribution is -2.54. The van der Waals surface area contributed by atoms with Gasteiger partial charge in [0.05, 0.1) is 6.07 Å². The van der Waals surface area contributed by atoms with E-state index in [0.29, 0.717) is 5.92 Å². The molecule has 3 nitrogen and oxygen atoms in total. The Balaban J connectivity index is 1.91. The molecule has 1 aliphatic heterocycles. The average Bonchev–Trinajstić information content (AvgIpc) is 3.18. The molecule has 0 bridgehead atoms. The number of likely N-dealkylation sites (tertiary alicyclic amines) is 1. The Morgan fingerprint density at radius 1 is 1.26 bits per heavy atom. The molecular weight excluding hydrogens is 234 g/mol. The van der Waals surface area contributed by atoms with Gasteiger partial charge < -0.3 is 4.90 Å². The fourth-order valence-electron chi connectivity index (χ4n) is 3.47. The minimum absolute atomic E-state index is 0.267. The maximum absolute atomic E-state index is 9.70. The summed E-state index contributed by atoms with van der Waals surface area (Å²) in [6.45, 7) is 8.75. The second-order valence-electron chi connectivity index (χ2n) is 6.46. The van der Waals surface area contributed by atoms with Gasteiger partial charge in [-0.15, -0.1) is 0 Å². The van der Waals surface area contributed by atoms with Crippen molar-refractivity contribution in [1.29, 1.82) is 5.26 Å². The van der Waals surface area contributed by atoms with Crippen LogP contribution in [0, 0.1) is 23.2 Å². The molecule has 1 heterocycles. The molecule has 0 amide bonds. The zero-order chi connectivity index (χ0) is 13.7. The van der Waals surface area contributed by atoms with Gasteiger partial charge in [0, 0.05) is 13.1 Å². The van der Waals surface area contributed by atoms with Crippen molar-refractivity contribution in [3.05, 3.63) is 0 Å². The summed E-state index contributed by atoms with van der Waals surface area (Å²) in [5, 5.41) is 13.3. The fraction of sp³-hybridized carbons (Fsp3) is 0.938. The molecule has 0 aromatic carbocycles. The van der Waals surface area contributed by atoms with E-state index < -0.39 is 0 Å². The summed E-state index contributed by atoms with van der Waals surface area (Å²) < 4.78 is 0. The van der Waals surface area contributed by atoms with Crippen molar-refractivity contribution < 1.29 is 0 Å². The predicted molar refractivity (Wildman–Crippen MR) is 78.8 cm³/mol. The minimum atomic E-state index is -0.267. The maximum Gasteiger partial charge on any atom is 0.122 e. The molecule has 0 aromatic rings. The van der Waals surface area contributed by atoms with Crippen LogP contribution in [-0.4, -0.2) is 36.6 Å². The first-order valence-electron chi connectivity index (χ1n) is 8.12. The normalized spacial score (nSPS) is 27.1. The molecule has 19 heavy (non-hydrogen) atoms. The molecule has 2 fully saturated rings. The molecule has 1 saturated carbocycles. The third kappa shape index (κ3) is 3.70. The van der Waals surface area contributed by atoms with E-state index in [2.05, 4.69) is 30.1 Å². The van der Waals surface area contributed by atoms with Gasteiger partial charge in [-0.2, -0.15) is 5.26 Å². The molecule has 0 radical (unpaired) electrons. The van der Waals surface area contributed by atoms with Gasteiger partial charge in [-0.05, 0) is 57.0 Å². The lowest BCUT2D eigenvalue weighted by atomic mass is 9.94. The lowest BCUT2D eigenvalue weighted by Gasteiger charge is -2.32. The van der Waals surface area contributed by atoms with Crippen LogP contribution in [0.25, 0.3) is 0 Å². The highest BCUT2D eigenvalue weighted by Gasteiger charge is 2.46. The Kier molecular flexibility index (Phi) is 5.24. The van der Waals surface area contributed by atoms with Crippen LogP contribution in [0.2, 0.25) is 0 Å². The van der Waals surface area contributed by atoms with E-state index in [1.807, 2.05) is 0 Å². The second kappa shape index (κ2) is 6.72. The van der Waals surface area contributed by atoms with Crippen molar-refractivity contribution in [1.82, 2.24) is 10.2 Å². The molecule has 2 atom stereocenters. The lowest BCUT2D eigenvalue weighted by molar-refractivity contribution is 0.221. The summed E-state index contributed by atoms with van der Waals surface area (Å²) in [5.41, 5.74) is -0.267. The summed E-state index contributed by atoms with van der Waals surface area (Å²) in [7, 11) is 0. The Bertz CT molecular complexity index is 318. The highest BCUT2D eigenvalue weighted by Crippen LogP contribution is 2.40. The van der Waals surface area contributed by atoms with Crippen LogP contribution in [0.1, 0.15) is 52.4 Å². The Hall–Kier alpha value is -0.590. The summed E-state index contributed by atoms with van der Waals surface area (Å²) in [4.78, 5) is 2.53. The number of nitrogens with zero attached hydrogens (tertiary/aromatic N) is 2. The molecule has 2 rings (SSSR count). The molecule has 0 aromatic heterocycles. The second-order valence-corrected chi connectivity index (χ2v) is 6.46. The monoisotopic (exact) mass is 263 g/mol. The van der Waals surface area contributed by atoms with Gasteiger partial charge in [0.2, 0.25) is 0 Å². The number of nitrogens with one attached hydrogen (secondary N) is 1. The van der Waals surface area contributed by atoms with Crippen LogP contribution in [0.3, 0.4) is 0 Å². The van der Waals surface area contributed by atoms with Crippen LogP contribution in [0.15, 0.2) is 0 Å². The first-order valence-corrected chi connectivity index (χ1v) is 8.12. The first kappa shape index (κ1) is 14.8. The Labute approximate surface area is 118 Å². The van der Waals surface area contributed by atoms with E-state index in [4.69, 9.17) is 0 Å². The van der Waals surface area contributed by atoms with E-state index in [9.17, 15) is 5.26 Å². The number of hydrogen-bond acceptors (Lipinski definition) is 3. The maximum atomic E-state index is 9.70. The smallest absolute Gasteiger partial charge is 0.122 e. The molecule has 1 saturated heterocycles. The van der Waals surface area contributed by atoms with Crippen LogP contribution < -0.4 is 5.32 Å². The van der Waals surface area contributed by atoms with Gasteiger partial charge in [0.15, 0.2) is 0 Å². The Morgan fingerprint density at radius 2 is 2.05 bits per heavy atom. The summed E-state index contributed by atoms with van der Waals surface area (Å²) in [6.07, 6.45) is 7.54. The van der Waals surface area contributed by atoms with Gasteiger partial charge in [-0.25, -0.2) is 0 Å². The van der Waals surface area contributed by atoms with E-state index in [1.165, 1.54) is 45.2 Å². The van der Waals surface area contributed by atoms with Gasteiger partial charge in [0.25, 0.3) is 0 Å². The third-order valence-electron chi connectivity index (χ3n) is 4.70. The summed E-state index contributed by atoms with van der Waals surface area (Å²) in [5.74, 6) is 1.46.